The Bertz CT molecular complexity index is 598. The first-order valence-corrected chi connectivity index (χ1v) is 7.75. The number of hydrogen-bond acceptors (Lipinski definition) is 3. The summed E-state index contributed by atoms with van der Waals surface area (Å²) >= 11 is 0. The highest BCUT2D eigenvalue weighted by atomic mass is 32.2. The van der Waals surface area contributed by atoms with Crippen molar-refractivity contribution in [2.75, 3.05) is 0 Å². The van der Waals surface area contributed by atoms with Gasteiger partial charge < -0.3 is 5.11 Å². The van der Waals surface area contributed by atoms with Gasteiger partial charge in [0.05, 0.1) is 5.75 Å². The van der Waals surface area contributed by atoms with E-state index in [9.17, 15) is 17.6 Å². The van der Waals surface area contributed by atoms with Crippen molar-refractivity contribution in [2.24, 2.45) is 5.92 Å². The Balaban J connectivity index is 2.89. The van der Waals surface area contributed by atoms with E-state index in [1.165, 1.54) is 12.1 Å². The zero-order chi connectivity index (χ0) is 15.5. The Morgan fingerprint density at radius 2 is 2.00 bits per heavy atom. The molecule has 0 bridgehead atoms. The molecule has 0 aliphatic rings. The number of hydrogen-bond donors (Lipinski definition) is 2. The molecule has 1 rings (SSSR count). The summed E-state index contributed by atoms with van der Waals surface area (Å²) in [5.41, 5.74) is 0.693. The van der Waals surface area contributed by atoms with Crippen LogP contribution in [0.3, 0.4) is 0 Å². The number of rotatable bonds is 6. The molecule has 7 heteroatoms. The summed E-state index contributed by atoms with van der Waals surface area (Å²) in [6, 6.07) is 2.93. The lowest BCUT2D eigenvalue weighted by atomic mass is 10.1. The largest absolute Gasteiger partial charge is 0.480 e. The second-order valence-electron chi connectivity index (χ2n) is 5.02. The van der Waals surface area contributed by atoms with Gasteiger partial charge in [-0.05, 0) is 30.0 Å². The van der Waals surface area contributed by atoms with E-state index in [-0.39, 0.29) is 5.56 Å². The van der Waals surface area contributed by atoms with Crippen molar-refractivity contribution in [3.63, 3.8) is 0 Å². The normalized spacial score (nSPS) is 13.4. The summed E-state index contributed by atoms with van der Waals surface area (Å²) < 4.78 is 39.3. The minimum absolute atomic E-state index is 0.272. The molecule has 0 amide bonds. The molecule has 1 aromatic carbocycles. The highest BCUT2D eigenvalue weighted by molar-refractivity contribution is 7.88. The Labute approximate surface area is 117 Å². The second-order valence-corrected chi connectivity index (χ2v) is 6.77. The van der Waals surface area contributed by atoms with Crippen LogP contribution in [-0.4, -0.2) is 25.5 Å². The number of nitrogens with one attached hydrogen (secondary N) is 1. The quantitative estimate of drug-likeness (QED) is 0.837. The molecule has 1 aromatic rings. The molecule has 0 saturated heterocycles. The first-order chi connectivity index (χ1) is 9.12. The van der Waals surface area contributed by atoms with E-state index >= 15 is 0 Å². The maximum atomic E-state index is 13.4. The van der Waals surface area contributed by atoms with Crippen LogP contribution in [0, 0.1) is 18.7 Å². The van der Waals surface area contributed by atoms with E-state index in [2.05, 4.69) is 4.72 Å². The molecule has 2 N–H and O–H groups in total. The van der Waals surface area contributed by atoms with Gasteiger partial charge in [-0.25, -0.2) is 17.5 Å². The fourth-order valence-corrected chi connectivity index (χ4v) is 3.11. The fraction of sp³-hybridized carbons (Fsp3) is 0.462. The van der Waals surface area contributed by atoms with Crippen LogP contribution in [0.5, 0.6) is 0 Å². The molecule has 0 radical (unpaired) electrons. The lowest BCUT2D eigenvalue weighted by Crippen LogP contribution is -2.44. The van der Waals surface area contributed by atoms with E-state index in [1.807, 2.05) is 0 Å². The summed E-state index contributed by atoms with van der Waals surface area (Å²) in [4.78, 5) is 11.0. The van der Waals surface area contributed by atoms with Gasteiger partial charge in [-0.3, -0.25) is 4.79 Å². The van der Waals surface area contributed by atoms with E-state index in [0.717, 1.165) is 6.07 Å². The van der Waals surface area contributed by atoms with E-state index in [4.69, 9.17) is 5.11 Å². The van der Waals surface area contributed by atoms with Gasteiger partial charge in [0.1, 0.15) is 11.9 Å². The third-order valence-electron chi connectivity index (χ3n) is 2.83. The average molecular weight is 303 g/mol. The van der Waals surface area contributed by atoms with Crippen LogP contribution in [-0.2, 0) is 20.6 Å². The first-order valence-electron chi connectivity index (χ1n) is 6.10. The molecule has 112 valence electrons. The van der Waals surface area contributed by atoms with Crippen molar-refractivity contribution in [2.45, 2.75) is 32.6 Å². The Morgan fingerprint density at radius 3 is 2.45 bits per heavy atom. The summed E-state index contributed by atoms with van der Waals surface area (Å²) in [6.45, 7) is 4.78. The summed E-state index contributed by atoms with van der Waals surface area (Å²) in [7, 11) is -3.85. The van der Waals surface area contributed by atoms with E-state index < -0.39 is 39.5 Å². The summed E-state index contributed by atoms with van der Waals surface area (Å²) in [5.74, 6) is -2.58. The van der Waals surface area contributed by atoms with Crippen LogP contribution in [0.1, 0.15) is 25.0 Å². The molecule has 5 nitrogen and oxygen atoms in total. The van der Waals surface area contributed by atoms with Gasteiger partial charge in [0.25, 0.3) is 0 Å². The Kier molecular flexibility index (Phi) is 5.24. The average Bonchev–Trinajstić information content (AvgIpc) is 2.30. The van der Waals surface area contributed by atoms with Gasteiger partial charge in [0.15, 0.2) is 0 Å². The molecule has 0 aliphatic carbocycles. The fourth-order valence-electron chi connectivity index (χ4n) is 1.65. The molecular formula is C13H18FNO4S. The van der Waals surface area contributed by atoms with Crippen LogP contribution in [0.15, 0.2) is 18.2 Å². The molecule has 0 unspecified atom stereocenters. The highest BCUT2D eigenvalue weighted by Crippen LogP contribution is 2.13. The molecule has 0 aromatic heterocycles. The van der Waals surface area contributed by atoms with E-state index in [0.29, 0.717) is 5.56 Å². The number of aliphatic carboxylic acids is 1. The predicted octanol–water partition coefficient (Wildman–Crippen LogP) is 1.66. The van der Waals surface area contributed by atoms with Crippen LogP contribution in [0.4, 0.5) is 4.39 Å². The smallest absolute Gasteiger partial charge is 0.321 e. The van der Waals surface area contributed by atoms with Crippen molar-refractivity contribution >= 4 is 16.0 Å². The highest BCUT2D eigenvalue weighted by Gasteiger charge is 2.27. The predicted molar refractivity (Wildman–Crippen MR) is 73.2 cm³/mol. The third-order valence-corrected chi connectivity index (χ3v) is 4.16. The molecule has 0 saturated carbocycles. The van der Waals surface area contributed by atoms with Gasteiger partial charge >= 0.3 is 5.97 Å². The van der Waals surface area contributed by atoms with Crippen molar-refractivity contribution in [3.05, 3.63) is 35.1 Å². The number of halogens is 1. The van der Waals surface area contributed by atoms with Crippen LogP contribution in [0.2, 0.25) is 0 Å². The molecule has 0 spiro atoms. The zero-order valence-corrected chi connectivity index (χ0v) is 12.4. The summed E-state index contributed by atoms with van der Waals surface area (Å²) in [6.07, 6.45) is 0. The van der Waals surface area contributed by atoms with Crippen LogP contribution >= 0.6 is 0 Å². The first kappa shape index (κ1) is 16.6. The molecule has 0 fully saturated rings. The SMILES string of the molecule is Cc1ccc(CS(=O)(=O)N[C@H](C(=O)O)C(C)C)cc1F. The molecular weight excluding hydrogens is 285 g/mol. The maximum Gasteiger partial charge on any atom is 0.321 e. The zero-order valence-electron chi connectivity index (χ0n) is 11.6. The number of carboxylic acids is 1. The van der Waals surface area contributed by atoms with Gasteiger partial charge in [-0.2, -0.15) is 0 Å². The third kappa shape index (κ3) is 4.57. The number of carboxylic acid groups (broad SMARTS) is 1. The topological polar surface area (TPSA) is 83.5 Å². The van der Waals surface area contributed by atoms with Gasteiger partial charge in [-0.1, -0.05) is 26.0 Å². The Morgan fingerprint density at radius 1 is 1.40 bits per heavy atom. The summed E-state index contributed by atoms with van der Waals surface area (Å²) in [5, 5.41) is 8.97. The molecule has 1 atom stereocenters. The lowest BCUT2D eigenvalue weighted by Gasteiger charge is -2.18. The lowest BCUT2D eigenvalue weighted by molar-refractivity contribution is -0.140. The Hall–Kier alpha value is -1.47. The van der Waals surface area contributed by atoms with Crippen LogP contribution in [0.25, 0.3) is 0 Å². The molecule has 0 aliphatic heterocycles. The van der Waals surface area contributed by atoms with Crippen molar-refractivity contribution < 1.29 is 22.7 Å². The van der Waals surface area contributed by atoms with E-state index in [1.54, 1.807) is 20.8 Å². The van der Waals surface area contributed by atoms with Gasteiger partial charge in [-0.15, -0.1) is 0 Å². The second kappa shape index (κ2) is 6.32. The minimum atomic E-state index is -3.85. The van der Waals surface area contributed by atoms with Crippen molar-refractivity contribution in [3.8, 4) is 0 Å². The molecule has 0 heterocycles. The number of aryl methyl sites for hydroxylation is 1. The minimum Gasteiger partial charge on any atom is -0.480 e. The molecule has 20 heavy (non-hydrogen) atoms. The number of carbonyl (C=O) groups is 1. The van der Waals surface area contributed by atoms with Crippen molar-refractivity contribution in [1.82, 2.24) is 4.72 Å². The van der Waals surface area contributed by atoms with Crippen LogP contribution < -0.4 is 4.72 Å². The monoisotopic (exact) mass is 303 g/mol. The standard InChI is InChI=1S/C13H18FNO4S/c1-8(2)12(13(16)17)15-20(18,19)7-10-5-4-9(3)11(14)6-10/h4-6,8,12,15H,7H2,1-3H3,(H,16,17)/t12-/m0/s1. The number of benzene rings is 1. The van der Waals surface area contributed by atoms with Gasteiger partial charge in [0.2, 0.25) is 10.0 Å². The van der Waals surface area contributed by atoms with Crippen molar-refractivity contribution in [1.29, 1.82) is 0 Å². The number of sulfonamides is 1. The van der Waals surface area contributed by atoms with Gasteiger partial charge in [0, 0.05) is 0 Å². The maximum absolute atomic E-state index is 13.4.